The number of hydrogen-bond donors (Lipinski definition) is 0. The van der Waals surface area contributed by atoms with E-state index in [1.54, 1.807) is 37.3 Å². The van der Waals surface area contributed by atoms with Crippen LogP contribution in [0.15, 0.2) is 53.4 Å². The summed E-state index contributed by atoms with van der Waals surface area (Å²) in [5.74, 6) is -0.590. The molecule has 2 amide bonds. The molecule has 2 aromatic carbocycles. The van der Waals surface area contributed by atoms with Crippen LogP contribution >= 0.6 is 23.4 Å². The van der Waals surface area contributed by atoms with Gasteiger partial charge in [0.25, 0.3) is 11.1 Å². The lowest BCUT2D eigenvalue weighted by molar-refractivity contribution is -0.124. The van der Waals surface area contributed by atoms with Crippen molar-refractivity contribution in [3.63, 3.8) is 0 Å². The quantitative estimate of drug-likeness (QED) is 0.445. The molecule has 0 radical (unpaired) electrons. The standard InChI is InChI=1S/C24H24ClN3O4S/c1-2-32-23(30)18-5-9-20(10-6-18)27-13-11-26(12-14-27)16-28-22(29)21(33-24(28)31)15-17-3-7-19(25)8-4-17/h3-10,15H,2,11-14,16H2,1H3. The SMILES string of the molecule is CCOC(=O)c1ccc(N2CCN(CN3C(=O)SC(=Cc4ccc(Cl)cc4)C3=O)CC2)cc1. The smallest absolute Gasteiger partial charge is 0.338 e. The molecule has 2 heterocycles. The molecule has 4 rings (SSSR count). The summed E-state index contributed by atoms with van der Waals surface area (Å²) in [4.78, 5) is 43.1. The second-order valence-corrected chi connectivity index (χ2v) is 9.10. The van der Waals surface area contributed by atoms with E-state index in [-0.39, 0.29) is 23.8 Å². The first-order valence-corrected chi connectivity index (χ1v) is 11.9. The minimum absolute atomic E-state index is 0.253. The number of anilines is 1. The maximum absolute atomic E-state index is 12.8. The van der Waals surface area contributed by atoms with Gasteiger partial charge in [0.05, 0.1) is 23.7 Å². The van der Waals surface area contributed by atoms with Crippen molar-refractivity contribution in [1.82, 2.24) is 9.80 Å². The third-order valence-electron chi connectivity index (χ3n) is 5.50. The monoisotopic (exact) mass is 485 g/mol. The highest BCUT2D eigenvalue weighted by atomic mass is 35.5. The molecule has 0 aliphatic carbocycles. The lowest BCUT2D eigenvalue weighted by Crippen LogP contribution is -2.50. The Bertz CT molecular complexity index is 1060. The summed E-state index contributed by atoms with van der Waals surface area (Å²) in [6, 6.07) is 14.5. The van der Waals surface area contributed by atoms with Crippen molar-refractivity contribution in [2.75, 3.05) is 44.4 Å². The van der Waals surface area contributed by atoms with Crippen LogP contribution in [0.3, 0.4) is 0 Å². The summed E-state index contributed by atoms with van der Waals surface area (Å²) in [5, 5.41) is 0.367. The van der Waals surface area contributed by atoms with Gasteiger partial charge in [-0.1, -0.05) is 23.7 Å². The predicted molar refractivity (Wildman–Crippen MR) is 130 cm³/mol. The lowest BCUT2D eigenvalue weighted by atomic mass is 10.2. The zero-order valence-corrected chi connectivity index (χ0v) is 19.8. The number of esters is 1. The normalized spacial score (nSPS) is 18.3. The van der Waals surface area contributed by atoms with E-state index in [0.29, 0.717) is 22.1 Å². The van der Waals surface area contributed by atoms with Crippen LogP contribution in [-0.2, 0) is 9.53 Å². The lowest BCUT2D eigenvalue weighted by Gasteiger charge is -2.37. The molecule has 0 N–H and O–H groups in total. The van der Waals surface area contributed by atoms with Gasteiger partial charge in [-0.2, -0.15) is 0 Å². The van der Waals surface area contributed by atoms with Crippen molar-refractivity contribution in [3.8, 4) is 0 Å². The van der Waals surface area contributed by atoms with Gasteiger partial charge in [0.15, 0.2) is 0 Å². The van der Waals surface area contributed by atoms with Gasteiger partial charge in [0, 0.05) is 36.9 Å². The minimum atomic E-state index is -0.323. The topological polar surface area (TPSA) is 70.2 Å². The highest BCUT2D eigenvalue weighted by molar-refractivity contribution is 8.18. The van der Waals surface area contributed by atoms with Gasteiger partial charge in [0.2, 0.25) is 0 Å². The fourth-order valence-electron chi connectivity index (χ4n) is 3.70. The van der Waals surface area contributed by atoms with Gasteiger partial charge in [-0.3, -0.25) is 19.4 Å². The molecule has 2 aliphatic rings. The Morgan fingerprint density at radius 2 is 1.70 bits per heavy atom. The maximum Gasteiger partial charge on any atom is 0.338 e. The Morgan fingerprint density at radius 3 is 2.33 bits per heavy atom. The molecule has 7 nitrogen and oxygen atoms in total. The number of rotatable bonds is 6. The number of amides is 2. The number of benzene rings is 2. The predicted octanol–water partition coefficient (Wildman–Crippen LogP) is 4.33. The van der Waals surface area contributed by atoms with Gasteiger partial charge < -0.3 is 9.64 Å². The zero-order chi connectivity index (χ0) is 23.4. The van der Waals surface area contributed by atoms with E-state index in [9.17, 15) is 14.4 Å². The molecule has 2 aromatic rings. The van der Waals surface area contributed by atoms with Gasteiger partial charge in [-0.25, -0.2) is 4.79 Å². The molecular formula is C24H24ClN3O4S. The molecule has 0 spiro atoms. The molecule has 9 heteroatoms. The molecule has 2 aliphatic heterocycles. The number of carbonyl (C=O) groups is 3. The average Bonchev–Trinajstić information content (AvgIpc) is 3.08. The number of piperazine rings is 1. The maximum atomic E-state index is 12.8. The first-order valence-electron chi connectivity index (χ1n) is 10.7. The second kappa shape index (κ2) is 10.4. The molecule has 2 saturated heterocycles. The van der Waals surface area contributed by atoms with Crippen molar-refractivity contribution in [3.05, 3.63) is 69.6 Å². The fraction of sp³-hybridized carbons (Fsp3) is 0.292. The van der Waals surface area contributed by atoms with Crippen molar-refractivity contribution in [2.24, 2.45) is 0 Å². The summed E-state index contributed by atoms with van der Waals surface area (Å²) < 4.78 is 5.02. The van der Waals surface area contributed by atoms with Gasteiger partial charge in [-0.15, -0.1) is 0 Å². The van der Waals surface area contributed by atoms with Crippen LogP contribution in [0.4, 0.5) is 10.5 Å². The first kappa shape index (κ1) is 23.4. The van der Waals surface area contributed by atoms with Crippen molar-refractivity contribution in [1.29, 1.82) is 0 Å². The molecule has 0 saturated carbocycles. The van der Waals surface area contributed by atoms with Crippen LogP contribution in [0.1, 0.15) is 22.8 Å². The highest BCUT2D eigenvalue weighted by Crippen LogP contribution is 2.32. The summed E-state index contributed by atoms with van der Waals surface area (Å²) in [6.07, 6.45) is 1.72. The number of hydrogen-bond acceptors (Lipinski definition) is 7. The van der Waals surface area contributed by atoms with Crippen LogP contribution in [-0.4, -0.2) is 66.4 Å². The molecule has 33 heavy (non-hydrogen) atoms. The number of imide groups is 1. The summed E-state index contributed by atoms with van der Waals surface area (Å²) in [6.45, 7) is 5.37. The van der Waals surface area contributed by atoms with Crippen LogP contribution in [0, 0.1) is 0 Å². The second-order valence-electron chi connectivity index (χ2n) is 7.68. The number of halogens is 1. The molecule has 2 fully saturated rings. The van der Waals surface area contributed by atoms with E-state index >= 15 is 0 Å². The minimum Gasteiger partial charge on any atom is -0.462 e. The summed E-state index contributed by atoms with van der Waals surface area (Å²) >= 11 is 6.87. The number of thioether (sulfide) groups is 1. The third-order valence-corrected chi connectivity index (χ3v) is 6.66. The van der Waals surface area contributed by atoms with E-state index in [1.807, 2.05) is 24.3 Å². The largest absolute Gasteiger partial charge is 0.462 e. The van der Waals surface area contributed by atoms with Gasteiger partial charge >= 0.3 is 5.97 Å². The molecule has 0 atom stereocenters. The van der Waals surface area contributed by atoms with Gasteiger partial charge in [-0.05, 0) is 66.7 Å². The zero-order valence-electron chi connectivity index (χ0n) is 18.2. The fourth-order valence-corrected chi connectivity index (χ4v) is 4.66. The van der Waals surface area contributed by atoms with Gasteiger partial charge in [0.1, 0.15) is 0 Å². The summed E-state index contributed by atoms with van der Waals surface area (Å²) in [5.41, 5.74) is 2.39. The average molecular weight is 486 g/mol. The van der Waals surface area contributed by atoms with Crippen LogP contribution in [0.2, 0.25) is 5.02 Å². The van der Waals surface area contributed by atoms with Crippen LogP contribution in [0.5, 0.6) is 0 Å². The molecule has 0 bridgehead atoms. The summed E-state index contributed by atoms with van der Waals surface area (Å²) in [7, 11) is 0. The number of ether oxygens (including phenoxy) is 1. The van der Waals surface area contributed by atoms with Crippen LogP contribution < -0.4 is 4.90 Å². The van der Waals surface area contributed by atoms with E-state index in [0.717, 1.165) is 49.2 Å². The van der Waals surface area contributed by atoms with E-state index in [4.69, 9.17) is 16.3 Å². The molecule has 0 aromatic heterocycles. The first-order chi connectivity index (χ1) is 15.9. The highest BCUT2D eigenvalue weighted by Gasteiger charge is 2.36. The van der Waals surface area contributed by atoms with Crippen LogP contribution in [0.25, 0.3) is 6.08 Å². The van der Waals surface area contributed by atoms with E-state index in [2.05, 4.69) is 9.80 Å². The number of nitrogens with zero attached hydrogens (tertiary/aromatic N) is 3. The third kappa shape index (κ3) is 5.58. The van der Waals surface area contributed by atoms with Crippen molar-refractivity contribution >= 4 is 52.2 Å². The number of carbonyl (C=O) groups excluding carboxylic acids is 3. The Hall–Kier alpha value is -2.81. The molecule has 0 unspecified atom stereocenters. The molecule has 172 valence electrons. The molecular weight excluding hydrogens is 462 g/mol. The van der Waals surface area contributed by atoms with Crippen molar-refractivity contribution < 1.29 is 19.1 Å². The Morgan fingerprint density at radius 1 is 1.03 bits per heavy atom. The Balaban J connectivity index is 1.32. The Labute approximate surface area is 201 Å². The Kier molecular flexibility index (Phi) is 7.37. The van der Waals surface area contributed by atoms with Crippen molar-refractivity contribution in [2.45, 2.75) is 6.92 Å². The van der Waals surface area contributed by atoms with E-state index in [1.165, 1.54) is 4.90 Å². The van der Waals surface area contributed by atoms with E-state index < -0.39 is 0 Å².